The van der Waals surface area contributed by atoms with Gasteiger partial charge in [0.05, 0.1) is 29.4 Å². The number of anilines is 1. The minimum absolute atomic E-state index is 0.0304. The average Bonchev–Trinajstić information content (AvgIpc) is 3.95. The minimum Gasteiger partial charge on any atom is -0.488 e. The summed E-state index contributed by atoms with van der Waals surface area (Å²) in [5.41, 5.74) is 3.90. The van der Waals surface area contributed by atoms with Gasteiger partial charge in [0, 0.05) is 17.1 Å². The van der Waals surface area contributed by atoms with Crippen LogP contribution in [0.3, 0.4) is 0 Å². The second-order valence-electron chi connectivity index (χ2n) is 13.9. The molecule has 0 saturated heterocycles. The first-order chi connectivity index (χ1) is 25.2. The second kappa shape index (κ2) is 14.8. The van der Waals surface area contributed by atoms with E-state index in [0.29, 0.717) is 21.7 Å². The van der Waals surface area contributed by atoms with Crippen molar-refractivity contribution in [3.63, 3.8) is 0 Å². The smallest absolute Gasteiger partial charge is 0.248 e. The number of carbonyl (C=O) groups is 2. The van der Waals surface area contributed by atoms with E-state index in [-0.39, 0.29) is 40.5 Å². The molecule has 14 heteroatoms. The van der Waals surface area contributed by atoms with Gasteiger partial charge in [-0.1, -0.05) is 48.0 Å². The molecule has 3 fully saturated rings. The fourth-order valence-electron chi connectivity index (χ4n) is 6.27. The molecule has 0 aliphatic heterocycles. The van der Waals surface area contributed by atoms with Crippen molar-refractivity contribution in [3.05, 3.63) is 121 Å². The Balaban J connectivity index is 1.34. The van der Waals surface area contributed by atoms with Crippen LogP contribution in [0.4, 0.5) is 23.2 Å². The van der Waals surface area contributed by atoms with Crippen molar-refractivity contribution in [2.24, 2.45) is 0 Å². The molecule has 0 spiro atoms. The number of hydrogen-bond acceptors (Lipinski definition) is 5. The lowest BCUT2D eigenvalue weighted by molar-refractivity contribution is -0.119. The maximum absolute atomic E-state index is 15.3. The summed E-state index contributed by atoms with van der Waals surface area (Å²) < 4.78 is 93.0. The van der Waals surface area contributed by atoms with E-state index in [2.05, 4.69) is 22.0 Å². The molecule has 278 valence electrons. The van der Waals surface area contributed by atoms with Gasteiger partial charge in [0.15, 0.2) is 29.1 Å². The molecule has 7 nitrogen and oxygen atoms in total. The third kappa shape index (κ3) is 8.04. The van der Waals surface area contributed by atoms with E-state index < -0.39 is 61.7 Å². The lowest BCUT2D eigenvalue weighted by Crippen LogP contribution is -2.43. The molecule has 0 aromatic heterocycles. The zero-order valence-corrected chi connectivity index (χ0v) is 31.6. The van der Waals surface area contributed by atoms with Crippen molar-refractivity contribution in [1.29, 1.82) is 0 Å². The second-order valence-corrected chi connectivity index (χ2v) is 16.9. The van der Waals surface area contributed by atoms with E-state index in [1.54, 1.807) is 30.3 Å². The third-order valence-electron chi connectivity index (χ3n) is 9.64. The summed E-state index contributed by atoms with van der Waals surface area (Å²) in [6.45, 7) is -0.212. The van der Waals surface area contributed by atoms with Crippen LogP contribution in [0, 0.1) is 23.3 Å². The number of ether oxygens (including phenoxy) is 1. The van der Waals surface area contributed by atoms with E-state index in [1.807, 2.05) is 12.1 Å². The molecule has 3 aliphatic rings. The van der Waals surface area contributed by atoms with Gasteiger partial charge in [0.25, 0.3) is 0 Å². The molecule has 53 heavy (non-hydrogen) atoms. The van der Waals surface area contributed by atoms with Crippen LogP contribution in [-0.2, 0) is 27.9 Å². The normalized spacial score (nSPS) is 15.8. The van der Waals surface area contributed by atoms with E-state index in [1.165, 1.54) is 24.0 Å². The van der Waals surface area contributed by atoms with Gasteiger partial charge in [-0.25, -0.2) is 26.0 Å². The zero-order valence-electron chi connectivity index (χ0n) is 28.5. The number of halogens is 6. The Kier molecular flexibility index (Phi) is 10.5. The number of Topliss-reactive ketones (excluding diaryl/α,β-unsaturated/α-hetero) is 1. The Bertz CT molecular complexity index is 2190. The fourth-order valence-corrected chi connectivity index (χ4v) is 8.90. The number of amides is 1. The number of nitrogens with zero attached hydrogens (tertiary/aromatic N) is 2. The molecule has 1 amide bonds. The van der Waals surface area contributed by atoms with Gasteiger partial charge in [0.1, 0.15) is 10.6 Å². The molecule has 4 aromatic rings. The van der Waals surface area contributed by atoms with Gasteiger partial charge >= 0.3 is 0 Å². The lowest BCUT2D eigenvalue weighted by atomic mass is 9.99. The molecule has 0 atom stereocenters. The molecular formula is C39H34BrClF4N2O5S. The maximum atomic E-state index is 15.3. The number of carbonyl (C=O) groups excluding carboxylic acids is 2. The van der Waals surface area contributed by atoms with Crippen molar-refractivity contribution in [1.82, 2.24) is 4.31 Å². The summed E-state index contributed by atoms with van der Waals surface area (Å²) in [6.07, 6.45) is 5.58. The highest BCUT2D eigenvalue weighted by atomic mass is 79.9. The summed E-state index contributed by atoms with van der Waals surface area (Å²) in [4.78, 5) is 27.0. The van der Waals surface area contributed by atoms with Crippen molar-refractivity contribution in [2.75, 3.05) is 11.4 Å². The zero-order chi connectivity index (χ0) is 37.8. The number of hydrogen-bond donors (Lipinski definition) is 0. The van der Waals surface area contributed by atoms with E-state index >= 15 is 4.39 Å². The van der Waals surface area contributed by atoms with Gasteiger partial charge in [-0.3, -0.25) is 9.59 Å². The number of sulfonamides is 1. The number of ketones is 1. The molecule has 7 rings (SSSR count). The predicted octanol–water partition coefficient (Wildman–Crippen LogP) is 9.58. The molecular weight excluding hydrogens is 800 g/mol. The quantitative estimate of drug-likeness (QED) is 0.0547. The molecule has 0 unspecified atom stereocenters. The topological polar surface area (TPSA) is 84.0 Å². The summed E-state index contributed by atoms with van der Waals surface area (Å²) in [5.74, 6) is -8.63. The summed E-state index contributed by atoms with van der Waals surface area (Å²) in [5, 5.41) is 0.109. The number of rotatable bonds is 14. The molecule has 4 aromatic carbocycles. The SMILES string of the molecule is CC(=O)c1ccc(N(Cc2cc(C3CC3)cc(C3CC3)c2)C(=O)CN(Cc2ccccc2Cl)S(=O)(=O)c2c(F)c(F)c(F)c(F)c2Br)c(OC2CC2)c1. The summed E-state index contributed by atoms with van der Waals surface area (Å²) in [7, 11) is -5.30. The highest BCUT2D eigenvalue weighted by Crippen LogP contribution is 2.46. The largest absolute Gasteiger partial charge is 0.488 e. The fraction of sp³-hybridized carbons (Fsp3) is 0.333. The monoisotopic (exact) mass is 832 g/mol. The van der Waals surface area contributed by atoms with Crippen LogP contribution in [0.5, 0.6) is 5.75 Å². The van der Waals surface area contributed by atoms with Crippen LogP contribution in [0.2, 0.25) is 5.02 Å². The maximum Gasteiger partial charge on any atom is 0.248 e. The average molecular weight is 834 g/mol. The Labute approximate surface area is 318 Å². The van der Waals surface area contributed by atoms with Gasteiger partial charge in [-0.2, -0.15) is 4.31 Å². The molecule has 0 N–H and O–H groups in total. The Morgan fingerprint density at radius 2 is 1.45 bits per heavy atom. The Morgan fingerprint density at radius 1 is 0.830 bits per heavy atom. The van der Waals surface area contributed by atoms with Crippen molar-refractivity contribution in [3.8, 4) is 5.75 Å². The molecule has 3 saturated carbocycles. The molecule has 0 bridgehead atoms. The van der Waals surface area contributed by atoms with E-state index in [9.17, 15) is 31.2 Å². The van der Waals surface area contributed by atoms with Crippen LogP contribution in [0.25, 0.3) is 0 Å². The van der Waals surface area contributed by atoms with Crippen molar-refractivity contribution >= 4 is 54.9 Å². The van der Waals surface area contributed by atoms with Gasteiger partial charge in [0.2, 0.25) is 15.9 Å². The third-order valence-corrected chi connectivity index (χ3v) is 12.8. The predicted molar refractivity (Wildman–Crippen MR) is 195 cm³/mol. The number of benzene rings is 4. The van der Waals surface area contributed by atoms with Crippen molar-refractivity contribution in [2.45, 2.75) is 81.4 Å². The molecule has 3 aliphatic carbocycles. The highest BCUT2D eigenvalue weighted by Gasteiger charge is 2.39. The molecule has 0 radical (unpaired) electrons. The standard InChI is InChI=1S/C39H34BrClF4N2O5S/c1-21(48)25-10-13-31(32(17-25)52-29-11-12-29)47(18-22-14-27(23-6-7-23)16-28(15-22)24-8-9-24)33(49)20-46(19-26-4-2-3-5-30(26)41)53(50,51)39-34(40)35(42)36(43)37(44)38(39)45/h2-5,10,13-17,23-24,29H,6-9,11-12,18-20H2,1H3. The summed E-state index contributed by atoms with van der Waals surface area (Å²) in [6, 6.07) is 17.0. The lowest BCUT2D eigenvalue weighted by Gasteiger charge is -2.30. The Morgan fingerprint density at radius 3 is 2.04 bits per heavy atom. The Hall–Kier alpha value is -3.78. The summed E-state index contributed by atoms with van der Waals surface area (Å²) >= 11 is 9.00. The van der Waals surface area contributed by atoms with Gasteiger partial charge in [-0.05, 0) is 120 Å². The van der Waals surface area contributed by atoms with E-state index in [4.69, 9.17) is 16.3 Å². The van der Waals surface area contributed by atoms with Gasteiger partial charge < -0.3 is 9.64 Å². The highest BCUT2D eigenvalue weighted by molar-refractivity contribution is 9.10. The van der Waals surface area contributed by atoms with E-state index in [0.717, 1.165) is 55.2 Å². The minimum atomic E-state index is -5.30. The van der Waals surface area contributed by atoms with Crippen LogP contribution in [0.1, 0.15) is 89.9 Å². The first-order valence-electron chi connectivity index (χ1n) is 17.2. The van der Waals surface area contributed by atoms with Crippen LogP contribution >= 0.6 is 27.5 Å². The van der Waals surface area contributed by atoms with Crippen LogP contribution in [-0.4, -0.2) is 37.1 Å². The van der Waals surface area contributed by atoms with Crippen LogP contribution in [0.15, 0.2) is 70.0 Å². The molecule has 0 heterocycles. The van der Waals surface area contributed by atoms with Gasteiger partial charge in [-0.15, -0.1) is 0 Å². The first-order valence-corrected chi connectivity index (χ1v) is 19.8. The van der Waals surface area contributed by atoms with Crippen molar-refractivity contribution < 1.29 is 40.3 Å². The first kappa shape index (κ1) is 37.5. The van der Waals surface area contributed by atoms with Crippen LogP contribution < -0.4 is 9.64 Å².